The molecule has 0 aliphatic rings. The Bertz CT molecular complexity index is 820. The normalized spacial score (nSPS) is 10.2. The quantitative estimate of drug-likeness (QED) is 0.609. The summed E-state index contributed by atoms with van der Waals surface area (Å²) in [6, 6.07) is 11.4. The molecule has 0 saturated heterocycles. The van der Waals surface area contributed by atoms with Crippen molar-refractivity contribution < 1.29 is 19.1 Å². The highest BCUT2D eigenvalue weighted by Gasteiger charge is 2.12. The number of anilines is 1. The number of hydrogen-bond acceptors (Lipinski definition) is 4. The summed E-state index contributed by atoms with van der Waals surface area (Å²) >= 11 is 11.7. The summed E-state index contributed by atoms with van der Waals surface area (Å²) in [7, 11) is 0. The van der Waals surface area contributed by atoms with E-state index in [0.717, 1.165) is 0 Å². The van der Waals surface area contributed by atoms with Crippen LogP contribution in [0.5, 0.6) is 0 Å². The molecule has 130 valence electrons. The Morgan fingerprint density at radius 2 is 1.76 bits per heavy atom. The van der Waals surface area contributed by atoms with E-state index < -0.39 is 18.5 Å². The number of halogens is 2. The van der Waals surface area contributed by atoms with E-state index in [1.165, 1.54) is 6.92 Å². The van der Waals surface area contributed by atoms with Gasteiger partial charge in [0.25, 0.3) is 5.91 Å². The van der Waals surface area contributed by atoms with Crippen molar-refractivity contribution in [1.29, 1.82) is 0 Å². The Morgan fingerprint density at radius 3 is 2.44 bits per heavy atom. The van der Waals surface area contributed by atoms with Crippen LogP contribution in [0.1, 0.15) is 22.8 Å². The molecule has 2 aromatic rings. The SMILES string of the molecule is CC(=O)c1ccccc1NC(=O)COC(=O)Cc1ccc(Cl)c(Cl)c1. The van der Waals surface area contributed by atoms with Crippen LogP contribution in [-0.2, 0) is 20.7 Å². The van der Waals surface area contributed by atoms with E-state index >= 15 is 0 Å². The largest absolute Gasteiger partial charge is 0.455 e. The van der Waals surface area contributed by atoms with Crippen LogP contribution in [0.15, 0.2) is 42.5 Å². The molecule has 0 fully saturated rings. The molecule has 2 aromatic carbocycles. The number of ether oxygens (including phenoxy) is 1. The zero-order valence-electron chi connectivity index (χ0n) is 13.3. The van der Waals surface area contributed by atoms with Crippen LogP contribution in [0.3, 0.4) is 0 Å². The summed E-state index contributed by atoms with van der Waals surface area (Å²) in [4.78, 5) is 35.2. The highest BCUT2D eigenvalue weighted by Crippen LogP contribution is 2.23. The molecule has 7 heteroatoms. The number of ketones is 1. The number of para-hydroxylation sites is 1. The van der Waals surface area contributed by atoms with E-state index in [-0.39, 0.29) is 12.2 Å². The van der Waals surface area contributed by atoms with Gasteiger partial charge in [0.05, 0.1) is 22.2 Å². The average Bonchev–Trinajstić information content (AvgIpc) is 2.57. The van der Waals surface area contributed by atoms with Crippen molar-refractivity contribution in [1.82, 2.24) is 0 Å². The summed E-state index contributed by atoms with van der Waals surface area (Å²) in [6.07, 6.45) is -0.0335. The molecule has 0 aliphatic heterocycles. The van der Waals surface area contributed by atoms with Crippen molar-refractivity contribution in [2.24, 2.45) is 0 Å². The Balaban J connectivity index is 1.88. The number of benzene rings is 2. The fraction of sp³-hybridized carbons (Fsp3) is 0.167. The number of carbonyl (C=O) groups excluding carboxylic acids is 3. The van der Waals surface area contributed by atoms with E-state index in [1.807, 2.05) is 0 Å². The lowest BCUT2D eigenvalue weighted by Gasteiger charge is -2.09. The molecule has 25 heavy (non-hydrogen) atoms. The molecule has 2 rings (SSSR count). The van der Waals surface area contributed by atoms with Gasteiger partial charge in [-0.3, -0.25) is 14.4 Å². The second-order valence-corrected chi connectivity index (χ2v) is 6.05. The first kappa shape index (κ1) is 19.0. The number of esters is 1. The van der Waals surface area contributed by atoms with Crippen LogP contribution in [0.4, 0.5) is 5.69 Å². The number of hydrogen-bond donors (Lipinski definition) is 1. The zero-order valence-corrected chi connectivity index (χ0v) is 14.9. The van der Waals surface area contributed by atoms with Crippen molar-refractivity contribution in [3.8, 4) is 0 Å². The third-order valence-corrected chi connectivity index (χ3v) is 4.02. The van der Waals surface area contributed by atoms with Crippen LogP contribution >= 0.6 is 23.2 Å². The Kier molecular flexibility index (Phi) is 6.56. The number of nitrogens with one attached hydrogen (secondary N) is 1. The summed E-state index contributed by atoms with van der Waals surface area (Å²) in [5, 5.41) is 3.28. The van der Waals surface area contributed by atoms with Gasteiger partial charge in [0.15, 0.2) is 12.4 Å². The van der Waals surface area contributed by atoms with Crippen LogP contribution in [0.2, 0.25) is 10.0 Å². The van der Waals surface area contributed by atoms with E-state index in [1.54, 1.807) is 42.5 Å². The Hall–Kier alpha value is -2.37. The predicted octanol–water partition coefficient (Wildman–Crippen LogP) is 3.92. The molecular weight excluding hydrogens is 365 g/mol. The lowest BCUT2D eigenvalue weighted by molar-refractivity contribution is -0.146. The molecule has 0 atom stereocenters. The molecule has 0 saturated carbocycles. The first-order valence-corrected chi connectivity index (χ1v) is 8.12. The second kappa shape index (κ2) is 8.65. The predicted molar refractivity (Wildman–Crippen MR) is 96.2 cm³/mol. The molecule has 0 aliphatic carbocycles. The Labute approximate surface area is 154 Å². The lowest BCUT2D eigenvalue weighted by atomic mass is 10.1. The topological polar surface area (TPSA) is 72.5 Å². The summed E-state index contributed by atoms with van der Waals surface area (Å²) in [6.45, 7) is 0.953. The molecule has 0 spiro atoms. The minimum atomic E-state index is -0.576. The first-order valence-electron chi connectivity index (χ1n) is 7.36. The first-order chi connectivity index (χ1) is 11.9. The van der Waals surface area contributed by atoms with E-state index in [4.69, 9.17) is 27.9 Å². The highest BCUT2D eigenvalue weighted by molar-refractivity contribution is 6.42. The molecule has 0 heterocycles. The van der Waals surface area contributed by atoms with Crippen LogP contribution < -0.4 is 5.32 Å². The van der Waals surface area contributed by atoms with Gasteiger partial charge in [0, 0.05) is 5.56 Å². The smallest absolute Gasteiger partial charge is 0.310 e. The number of Topliss-reactive ketones (excluding diaryl/α,β-unsaturated/α-hetero) is 1. The second-order valence-electron chi connectivity index (χ2n) is 5.24. The highest BCUT2D eigenvalue weighted by atomic mass is 35.5. The molecular formula is C18H15Cl2NO4. The van der Waals surface area contributed by atoms with Crippen molar-refractivity contribution in [3.63, 3.8) is 0 Å². The van der Waals surface area contributed by atoms with Gasteiger partial charge in [0.2, 0.25) is 0 Å². The minimum absolute atomic E-state index is 0.0335. The summed E-state index contributed by atoms with van der Waals surface area (Å²) in [5.41, 5.74) is 1.39. The minimum Gasteiger partial charge on any atom is -0.455 e. The van der Waals surface area contributed by atoms with Gasteiger partial charge in [-0.2, -0.15) is 0 Å². The maximum absolute atomic E-state index is 11.9. The lowest BCUT2D eigenvalue weighted by Crippen LogP contribution is -2.22. The standard InChI is InChI=1S/C18H15Cl2NO4/c1-11(22)13-4-2-3-5-16(13)21-17(23)10-25-18(24)9-12-6-7-14(19)15(20)8-12/h2-8H,9-10H2,1H3,(H,21,23). The molecule has 0 bridgehead atoms. The molecule has 5 nitrogen and oxygen atoms in total. The fourth-order valence-electron chi connectivity index (χ4n) is 2.10. The molecule has 0 radical (unpaired) electrons. The number of amides is 1. The maximum atomic E-state index is 11.9. The van der Waals surface area contributed by atoms with Gasteiger partial charge in [0.1, 0.15) is 0 Å². The van der Waals surface area contributed by atoms with Gasteiger partial charge in [-0.1, -0.05) is 41.4 Å². The third-order valence-electron chi connectivity index (χ3n) is 3.28. The number of carbonyl (C=O) groups is 3. The van der Waals surface area contributed by atoms with Gasteiger partial charge in [-0.05, 0) is 36.8 Å². The van der Waals surface area contributed by atoms with E-state index in [0.29, 0.717) is 26.9 Å². The van der Waals surface area contributed by atoms with Crippen molar-refractivity contribution in [3.05, 3.63) is 63.6 Å². The van der Waals surface area contributed by atoms with E-state index in [9.17, 15) is 14.4 Å². The Morgan fingerprint density at radius 1 is 1.04 bits per heavy atom. The number of rotatable bonds is 6. The van der Waals surface area contributed by atoms with Crippen LogP contribution in [0, 0.1) is 0 Å². The molecule has 1 amide bonds. The monoisotopic (exact) mass is 379 g/mol. The van der Waals surface area contributed by atoms with Gasteiger partial charge in [-0.25, -0.2) is 0 Å². The van der Waals surface area contributed by atoms with Crippen molar-refractivity contribution >= 4 is 46.5 Å². The van der Waals surface area contributed by atoms with Gasteiger partial charge < -0.3 is 10.1 Å². The van der Waals surface area contributed by atoms with Crippen LogP contribution in [0.25, 0.3) is 0 Å². The average molecular weight is 380 g/mol. The maximum Gasteiger partial charge on any atom is 0.310 e. The summed E-state index contributed by atoms with van der Waals surface area (Å²) < 4.78 is 4.94. The van der Waals surface area contributed by atoms with Gasteiger partial charge >= 0.3 is 5.97 Å². The fourth-order valence-corrected chi connectivity index (χ4v) is 2.42. The van der Waals surface area contributed by atoms with E-state index in [2.05, 4.69) is 5.32 Å². The third kappa shape index (κ3) is 5.59. The summed E-state index contributed by atoms with van der Waals surface area (Å²) in [5.74, 6) is -1.28. The molecule has 0 aromatic heterocycles. The van der Waals surface area contributed by atoms with Gasteiger partial charge in [-0.15, -0.1) is 0 Å². The van der Waals surface area contributed by atoms with Crippen molar-refractivity contribution in [2.45, 2.75) is 13.3 Å². The van der Waals surface area contributed by atoms with Crippen molar-refractivity contribution in [2.75, 3.05) is 11.9 Å². The molecule has 1 N–H and O–H groups in total. The van der Waals surface area contributed by atoms with Crippen LogP contribution in [-0.4, -0.2) is 24.3 Å². The zero-order chi connectivity index (χ0) is 18.4. The molecule has 0 unspecified atom stereocenters.